The lowest BCUT2D eigenvalue weighted by molar-refractivity contribution is -0.287. The highest BCUT2D eigenvalue weighted by molar-refractivity contribution is 5.69. The van der Waals surface area contributed by atoms with Gasteiger partial charge in [-0.2, -0.15) is 0 Å². The Morgan fingerprint density at radius 1 is 0.913 bits per heavy atom. The predicted octanol–water partition coefficient (Wildman–Crippen LogP) is 0.470. The molecular weight excluding hydrogens is 304 g/mol. The van der Waals surface area contributed by atoms with E-state index in [1.807, 2.05) is 0 Å². The van der Waals surface area contributed by atoms with Gasteiger partial charge in [-0.25, -0.2) is 0 Å². The molecule has 0 aromatic carbocycles. The quantitative estimate of drug-likeness (QED) is 0.339. The largest absolute Gasteiger partial charge is 0.463 e. The summed E-state index contributed by atoms with van der Waals surface area (Å²) >= 11 is 0. The lowest BCUT2D eigenvalue weighted by atomic mass is 9.99. The zero-order chi connectivity index (χ0) is 17.2. The first kappa shape index (κ1) is 20.3. The minimum atomic E-state index is -1.61. The van der Waals surface area contributed by atoms with Crippen molar-refractivity contribution in [2.75, 3.05) is 6.61 Å². The molecule has 0 aromatic heterocycles. The topological polar surface area (TPSA) is 116 Å². The number of unbranched alkanes of at least 4 members (excludes halogenated alkanes) is 6. The standard InChI is InChI=1S/C16H30O7/c1-2-3-4-5-6-7-8-9-12(17)22-10-11-13(18)14(19)15(20)16(21)23-11/h11,13-16,18-21H,2-10H2,1H3/t11-,13-,14+,15-,16+/m1/s1. The fourth-order valence-corrected chi connectivity index (χ4v) is 2.54. The van der Waals surface area contributed by atoms with Crippen molar-refractivity contribution in [3.8, 4) is 0 Å². The van der Waals surface area contributed by atoms with Crippen molar-refractivity contribution in [1.82, 2.24) is 0 Å². The Kier molecular flexibility index (Phi) is 9.66. The Morgan fingerprint density at radius 3 is 2.17 bits per heavy atom. The fraction of sp³-hybridized carbons (Fsp3) is 0.938. The van der Waals surface area contributed by atoms with Gasteiger partial charge in [0.15, 0.2) is 6.29 Å². The molecule has 1 aliphatic rings. The van der Waals surface area contributed by atoms with E-state index in [1.165, 1.54) is 25.7 Å². The van der Waals surface area contributed by atoms with Crippen molar-refractivity contribution in [2.24, 2.45) is 0 Å². The van der Waals surface area contributed by atoms with Crippen LogP contribution < -0.4 is 0 Å². The highest BCUT2D eigenvalue weighted by Crippen LogP contribution is 2.20. The molecule has 0 bridgehead atoms. The van der Waals surface area contributed by atoms with Gasteiger partial charge >= 0.3 is 5.97 Å². The van der Waals surface area contributed by atoms with Crippen molar-refractivity contribution in [3.05, 3.63) is 0 Å². The number of rotatable bonds is 10. The van der Waals surface area contributed by atoms with Crippen LogP contribution in [-0.2, 0) is 14.3 Å². The molecule has 0 saturated carbocycles. The molecule has 7 nitrogen and oxygen atoms in total. The summed E-state index contributed by atoms with van der Waals surface area (Å²) in [7, 11) is 0. The van der Waals surface area contributed by atoms with Crippen LogP contribution in [0.25, 0.3) is 0 Å². The number of hydrogen-bond acceptors (Lipinski definition) is 7. The molecule has 0 aliphatic carbocycles. The van der Waals surface area contributed by atoms with Gasteiger partial charge in [-0.15, -0.1) is 0 Å². The highest BCUT2D eigenvalue weighted by atomic mass is 16.6. The number of carbonyl (C=O) groups excluding carboxylic acids is 1. The third kappa shape index (κ3) is 7.14. The summed E-state index contributed by atoms with van der Waals surface area (Å²) in [6.07, 6.45) is 0.806. The summed E-state index contributed by atoms with van der Waals surface area (Å²) in [6, 6.07) is 0. The summed E-state index contributed by atoms with van der Waals surface area (Å²) in [5.74, 6) is -0.399. The Bertz CT molecular complexity index is 336. The number of esters is 1. The summed E-state index contributed by atoms with van der Waals surface area (Å²) in [5.41, 5.74) is 0. The molecule has 0 amide bonds. The maximum atomic E-state index is 11.6. The molecule has 1 aliphatic heterocycles. The summed E-state index contributed by atoms with van der Waals surface area (Å²) in [6.45, 7) is 1.90. The van der Waals surface area contributed by atoms with E-state index in [0.29, 0.717) is 6.42 Å². The van der Waals surface area contributed by atoms with E-state index < -0.39 is 36.7 Å². The molecule has 1 rings (SSSR count). The van der Waals surface area contributed by atoms with E-state index in [9.17, 15) is 25.2 Å². The van der Waals surface area contributed by atoms with Gasteiger partial charge in [0, 0.05) is 6.42 Å². The minimum Gasteiger partial charge on any atom is -0.463 e. The summed E-state index contributed by atoms with van der Waals surface area (Å²) in [4.78, 5) is 11.6. The van der Waals surface area contributed by atoms with Crippen LogP contribution in [0.4, 0.5) is 0 Å². The van der Waals surface area contributed by atoms with Gasteiger partial charge in [-0.3, -0.25) is 4.79 Å². The lowest BCUT2D eigenvalue weighted by Crippen LogP contribution is -2.58. The van der Waals surface area contributed by atoms with Gasteiger partial charge in [0.1, 0.15) is 31.0 Å². The Balaban J connectivity index is 2.13. The molecule has 0 aromatic rings. The van der Waals surface area contributed by atoms with Crippen molar-refractivity contribution in [3.63, 3.8) is 0 Å². The second-order valence-corrected chi connectivity index (χ2v) is 6.09. The van der Waals surface area contributed by atoms with Crippen LogP contribution in [0.3, 0.4) is 0 Å². The van der Waals surface area contributed by atoms with Gasteiger partial charge in [0.25, 0.3) is 0 Å². The molecule has 1 fully saturated rings. The smallest absolute Gasteiger partial charge is 0.305 e. The molecule has 1 saturated heterocycles. The monoisotopic (exact) mass is 334 g/mol. The van der Waals surface area contributed by atoms with Crippen LogP contribution in [-0.4, -0.2) is 63.7 Å². The highest BCUT2D eigenvalue weighted by Gasteiger charge is 2.43. The maximum absolute atomic E-state index is 11.6. The van der Waals surface area contributed by atoms with Crippen molar-refractivity contribution < 1.29 is 34.7 Å². The number of hydrogen-bond donors (Lipinski definition) is 4. The van der Waals surface area contributed by atoms with Gasteiger partial charge in [-0.1, -0.05) is 45.4 Å². The van der Waals surface area contributed by atoms with Gasteiger partial charge in [0.2, 0.25) is 0 Å². The molecule has 4 N–H and O–H groups in total. The van der Waals surface area contributed by atoms with E-state index in [0.717, 1.165) is 19.3 Å². The first-order valence-electron chi connectivity index (χ1n) is 8.50. The molecular formula is C16H30O7. The molecule has 5 atom stereocenters. The number of carbonyl (C=O) groups is 1. The van der Waals surface area contributed by atoms with E-state index in [-0.39, 0.29) is 6.61 Å². The predicted molar refractivity (Wildman–Crippen MR) is 82.5 cm³/mol. The van der Waals surface area contributed by atoms with Gasteiger partial charge in [0.05, 0.1) is 0 Å². The van der Waals surface area contributed by atoms with Crippen molar-refractivity contribution in [2.45, 2.75) is 89.0 Å². The average Bonchev–Trinajstić information content (AvgIpc) is 2.54. The summed E-state index contributed by atoms with van der Waals surface area (Å²) < 4.78 is 9.93. The van der Waals surface area contributed by atoms with E-state index in [2.05, 4.69) is 6.92 Å². The van der Waals surface area contributed by atoms with Crippen LogP contribution >= 0.6 is 0 Å². The van der Waals surface area contributed by atoms with Crippen LogP contribution in [0, 0.1) is 0 Å². The molecule has 0 unspecified atom stereocenters. The molecule has 0 radical (unpaired) electrons. The first-order chi connectivity index (χ1) is 11.0. The first-order valence-corrected chi connectivity index (χ1v) is 8.50. The second-order valence-electron chi connectivity index (χ2n) is 6.09. The molecule has 23 heavy (non-hydrogen) atoms. The number of ether oxygens (including phenoxy) is 2. The Hall–Kier alpha value is -0.730. The third-order valence-corrected chi connectivity index (χ3v) is 4.08. The minimum absolute atomic E-state index is 0.267. The van der Waals surface area contributed by atoms with Crippen molar-refractivity contribution in [1.29, 1.82) is 0 Å². The van der Waals surface area contributed by atoms with Gasteiger partial charge in [-0.05, 0) is 6.42 Å². The third-order valence-electron chi connectivity index (χ3n) is 4.08. The molecule has 7 heteroatoms. The molecule has 1 heterocycles. The second kappa shape index (κ2) is 10.9. The van der Waals surface area contributed by atoms with E-state index in [1.54, 1.807) is 0 Å². The number of aliphatic hydroxyl groups excluding tert-OH is 4. The van der Waals surface area contributed by atoms with Gasteiger partial charge < -0.3 is 29.9 Å². The van der Waals surface area contributed by atoms with E-state index >= 15 is 0 Å². The number of aliphatic hydroxyl groups is 4. The van der Waals surface area contributed by atoms with Crippen LogP contribution in [0.1, 0.15) is 58.3 Å². The zero-order valence-corrected chi connectivity index (χ0v) is 13.8. The molecule has 136 valence electrons. The average molecular weight is 334 g/mol. The Morgan fingerprint density at radius 2 is 1.52 bits per heavy atom. The summed E-state index contributed by atoms with van der Waals surface area (Å²) in [5, 5.41) is 38.0. The van der Waals surface area contributed by atoms with Crippen molar-refractivity contribution >= 4 is 5.97 Å². The SMILES string of the molecule is CCCCCCCCCC(=O)OC[C@H]1O[C@H](O)[C@H](O)[C@@H](O)[C@@H]1O. The lowest BCUT2D eigenvalue weighted by Gasteiger charge is -2.37. The maximum Gasteiger partial charge on any atom is 0.305 e. The zero-order valence-electron chi connectivity index (χ0n) is 13.8. The van der Waals surface area contributed by atoms with E-state index in [4.69, 9.17) is 9.47 Å². The molecule has 0 spiro atoms. The van der Waals surface area contributed by atoms with Crippen LogP contribution in [0.15, 0.2) is 0 Å². The van der Waals surface area contributed by atoms with Crippen LogP contribution in [0.2, 0.25) is 0 Å². The Labute approximate surface area is 137 Å². The fourth-order valence-electron chi connectivity index (χ4n) is 2.54. The normalized spacial score (nSPS) is 31.1. The van der Waals surface area contributed by atoms with Crippen LogP contribution in [0.5, 0.6) is 0 Å².